The Morgan fingerprint density at radius 3 is 2.71 bits per heavy atom. The fourth-order valence-electron chi connectivity index (χ4n) is 3.05. The van der Waals surface area contributed by atoms with E-state index < -0.39 is 0 Å². The van der Waals surface area contributed by atoms with Crippen LogP contribution in [0.3, 0.4) is 0 Å². The van der Waals surface area contributed by atoms with Gasteiger partial charge in [0.2, 0.25) is 0 Å². The van der Waals surface area contributed by atoms with E-state index in [2.05, 4.69) is 31.7 Å². The van der Waals surface area contributed by atoms with Crippen LogP contribution in [0.2, 0.25) is 0 Å². The molecule has 1 aliphatic rings. The molecule has 28 heavy (non-hydrogen) atoms. The Labute approximate surface area is 166 Å². The number of hydrogen-bond donors (Lipinski definition) is 2. The Morgan fingerprint density at radius 1 is 1.18 bits per heavy atom. The molecule has 0 atom stereocenters. The van der Waals surface area contributed by atoms with Crippen LogP contribution in [0.1, 0.15) is 11.3 Å². The van der Waals surface area contributed by atoms with Crippen LogP contribution < -0.4 is 15.4 Å². The number of benzene rings is 1. The van der Waals surface area contributed by atoms with Crippen LogP contribution in [-0.2, 0) is 24.9 Å². The Bertz CT molecular complexity index is 755. The van der Waals surface area contributed by atoms with E-state index in [1.54, 1.807) is 13.2 Å². The van der Waals surface area contributed by atoms with Crippen molar-refractivity contribution in [2.45, 2.75) is 13.1 Å². The molecule has 2 aromatic rings. The summed E-state index contributed by atoms with van der Waals surface area (Å²) >= 11 is 0. The number of nitrogens with zero attached hydrogens (tertiary/aromatic N) is 4. The quantitative estimate of drug-likeness (QED) is 0.521. The van der Waals surface area contributed by atoms with E-state index in [0.29, 0.717) is 19.7 Å². The lowest BCUT2D eigenvalue weighted by Crippen LogP contribution is -2.38. The Balaban J connectivity index is 1.47. The molecule has 152 valence electrons. The van der Waals surface area contributed by atoms with Crippen molar-refractivity contribution >= 4 is 5.96 Å². The fraction of sp³-hybridized carbons (Fsp3) is 0.500. The van der Waals surface area contributed by atoms with Gasteiger partial charge in [0, 0.05) is 52.0 Å². The number of guanidine groups is 1. The first-order valence-corrected chi connectivity index (χ1v) is 9.68. The molecule has 8 nitrogen and oxygen atoms in total. The molecule has 3 rings (SSSR count). The molecule has 2 heterocycles. The third-order valence-corrected chi connectivity index (χ3v) is 4.77. The van der Waals surface area contributed by atoms with Crippen LogP contribution in [-0.4, -0.2) is 67.1 Å². The van der Waals surface area contributed by atoms with E-state index in [1.807, 2.05) is 36.0 Å². The molecule has 0 amide bonds. The normalized spacial score (nSPS) is 15.4. The maximum absolute atomic E-state index is 6.05. The monoisotopic (exact) mass is 386 g/mol. The van der Waals surface area contributed by atoms with Crippen molar-refractivity contribution in [3.05, 3.63) is 47.8 Å². The second kappa shape index (κ2) is 10.7. The predicted octanol–water partition coefficient (Wildman–Crippen LogP) is 0.996. The molecular formula is C20H30N6O2. The molecule has 0 radical (unpaired) electrons. The summed E-state index contributed by atoms with van der Waals surface area (Å²) in [4.78, 5) is 6.66. The second-order valence-corrected chi connectivity index (χ2v) is 6.64. The third-order valence-electron chi connectivity index (χ3n) is 4.77. The van der Waals surface area contributed by atoms with Gasteiger partial charge in [0.05, 0.1) is 25.5 Å². The van der Waals surface area contributed by atoms with Crippen LogP contribution in [0.5, 0.6) is 5.75 Å². The molecular weight excluding hydrogens is 356 g/mol. The standard InChI is InChI=1S/C20H30N6O2/c1-21-20(23-16-18-7-8-24-25(18)2)22-15-17-5-3-4-6-19(17)28-14-11-26-9-12-27-13-10-26/h3-8H,9-16H2,1-2H3,(H2,21,22,23). The van der Waals surface area contributed by atoms with E-state index in [4.69, 9.17) is 9.47 Å². The number of nitrogens with one attached hydrogen (secondary N) is 2. The number of para-hydroxylation sites is 1. The largest absolute Gasteiger partial charge is 0.492 e. The summed E-state index contributed by atoms with van der Waals surface area (Å²) in [7, 11) is 3.70. The fourth-order valence-corrected chi connectivity index (χ4v) is 3.05. The van der Waals surface area contributed by atoms with E-state index in [-0.39, 0.29) is 0 Å². The van der Waals surface area contributed by atoms with E-state index in [9.17, 15) is 0 Å². The van der Waals surface area contributed by atoms with Gasteiger partial charge in [0.15, 0.2) is 5.96 Å². The zero-order valence-corrected chi connectivity index (χ0v) is 16.7. The van der Waals surface area contributed by atoms with Crippen molar-refractivity contribution in [3.63, 3.8) is 0 Å². The Hall–Kier alpha value is -2.58. The van der Waals surface area contributed by atoms with Crippen molar-refractivity contribution in [2.75, 3.05) is 46.5 Å². The van der Waals surface area contributed by atoms with Gasteiger partial charge in [0.25, 0.3) is 0 Å². The summed E-state index contributed by atoms with van der Waals surface area (Å²) in [5.74, 6) is 1.65. The van der Waals surface area contributed by atoms with Gasteiger partial charge >= 0.3 is 0 Å². The maximum Gasteiger partial charge on any atom is 0.191 e. The average Bonchev–Trinajstić information content (AvgIpc) is 3.14. The lowest BCUT2D eigenvalue weighted by Gasteiger charge is -2.26. The van der Waals surface area contributed by atoms with Gasteiger partial charge in [-0.15, -0.1) is 0 Å². The Morgan fingerprint density at radius 2 is 1.96 bits per heavy atom. The van der Waals surface area contributed by atoms with Gasteiger partial charge in [0.1, 0.15) is 12.4 Å². The zero-order valence-electron chi connectivity index (χ0n) is 16.7. The molecule has 8 heteroatoms. The molecule has 0 saturated carbocycles. The molecule has 0 unspecified atom stereocenters. The number of aromatic nitrogens is 2. The minimum absolute atomic E-state index is 0.638. The van der Waals surface area contributed by atoms with Crippen molar-refractivity contribution in [1.82, 2.24) is 25.3 Å². The first-order chi connectivity index (χ1) is 13.8. The summed E-state index contributed by atoms with van der Waals surface area (Å²) in [5.41, 5.74) is 2.20. The zero-order chi connectivity index (χ0) is 19.6. The van der Waals surface area contributed by atoms with Gasteiger partial charge in [-0.1, -0.05) is 18.2 Å². The van der Waals surface area contributed by atoms with Gasteiger partial charge in [-0.3, -0.25) is 14.6 Å². The molecule has 1 aromatic heterocycles. The summed E-state index contributed by atoms with van der Waals surface area (Å²) in [5, 5.41) is 10.8. The van der Waals surface area contributed by atoms with Crippen LogP contribution in [0, 0.1) is 0 Å². The van der Waals surface area contributed by atoms with E-state index >= 15 is 0 Å². The third kappa shape index (κ3) is 5.97. The number of aryl methyl sites for hydroxylation is 1. The second-order valence-electron chi connectivity index (χ2n) is 6.64. The maximum atomic E-state index is 6.05. The van der Waals surface area contributed by atoms with Gasteiger partial charge < -0.3 is 20.1 Å². The minimum Gasteiger partial charge on any atom is -0.492 e. The summed E-state index contributed by atoms with van der Waals surface area (Å²) in [6.45, 7) is 6.46. The highest BCUT2D eigenvalue weighted by Gasteiger charge is 2.11. The smallest absolute Gasteiger partial charge is 0.191 e. The first-order valence-electron chi connectivity index (χ1n) is 9.68. The van der Waals surface area contributed by atoms with Crippen molar-refractivity contribution in [2.24, 2.45) is 12.0 Å². The van der Waals surface area contributed by atoms with Crippen LogP contribution in [0.15, 0.2) is 41.5 Å². The number of ether oxygens (including phenoxy) is 2. The lowest BCUT2D eigenvalue weighted by molar-refractivity contribution is 0.0322. The first kappa shape index (κ1) is 20.2. The topological polar surface area (TPSA) is 75.9 Å². The van der Waals surface area contributed by atoms with Crippen molar-refractivity contribution in [1.29, 1.82) is 0 Å². The molecule has 1 fully saturated rings. The molecule has 0 aliphatic carbocycles. The van der Waals surface area contributed by atoms with Crippen LogP contribution in [0.25, 0.3) is 0 Å². The van der Waals surface area contributed by atoms with Gasteiger partial charge in [-0.25, -0.2) is 0 Å². The predicted molar refractivity (Wildman–Crippen MR) is 109 cm³/mol. The highest BCUT2D eigenvalue weighted by molar-refractivity contribution is 5.79. The van der Waals surface area contributed by atoms with Crippen LogP contribution in [0.4, 0.5) is 0 Å². The van der Waals surface area contributed by atoms with Crippen molar-refractivity contribution < 1.29 is 9.47 Å². The molecule has 1 saturated heterocycles. The van der Waals surface area contributed by atoms with Crippen molar-refractivity contribution in [3.8, 4) is 5.75 Å². The Kier molecular flexibility index (Phi) is 7.69. The number of morpholine rings is 1. The molecule has 0 spiro atoms. The highest BCUT2D eigenvalue weighted by atomic mass is 16.5. The SMILES string of the molecule is CN=C(NCc1ccccc1OCCN1CCOCC1)NCc1ccnn1C. The number of rotatable bonds is 8. The lowest BCUT2D eigenvalue weighted by atomic mass is 10.2. The minimum atomic E-state index is 0.638. The van der Waals surface area contributed by atoms with E-state index in [1.165, 1.54) is 0 Å². The molecule has 2 N–H and O–H groups in total. The number of aliphatic imine (C=N–C) groups is 1. The molecule has 1 aromatic carbocycles. The van der Waals surface area contributed by atoms with Gasteiger partial charge in [-0.2, -0.15) is 5.10 Å². The van der Waals surface area contributed by atoms with Crippen LogP contribution >= 0.6 is 0 Å². The highest BCUT2D eigenvalue weighted by Crippen LogP contribution is 2.17. The van der Waals surface area contributed by atoms with Gasteiger partial charge in [-0.05, 0) is 12.1 Å². The molecule has 0 bridgehead atoms. The van der Waals surface area contributed by atoms with E-state index in [0.717, 1.165) is 55.8 Å². The number of hydrogen-bond acceptors (Lipinski definition) is 5. The average molecular weight is 387 g/mol. The summed E-state index contributed by atoms with van der Waals surface area (Å²) in [6.07, 6.45) is 1.79. The summed E-state index contributed by atoms with van der Waals surface area (Å²) < 4.78 is 13.3. The summed E-state index contributed by atoms with van der Waals surface area (Å²) in [6, 6.07) is 10.1. The molecule has 1 aliphatic heterocycles.